The molecular formula is C8H13F3N2O. The SMILES string of the molecule is C=CCNCC(=O)NCCC(F)(F)F. The lowest BCUT2D eigenvalue weighted by molar-refractivity contribution is -0.135. The molecule has 0 unspecified atom stereocenters. The fourth-order valence-electron chi connectivity index (χ4n) is 0.694. The molecule has 0 bridgehead atoms. The van der Waals surface area contributed by atoms with Crippen LogP contribution >= 0.6 is 0 Å². The van der Waals surface area contributed by atoms with E-state index >= 15 is 0 Å². The molecule has 0 fully saturated rings. The van der Waals surface area contributed by atoms with Crippen molar-refractivity contribution >= 4 is 5.91 Å². The minimum Gasteiger partial charge on any atom is -0.355 e. The van der Waals surface area contributed by atoms with Gasteiger partial charge in [0.25, 0.3) is 0 Å². The van der Waals surface area contributed by atoms with Gasteiger partial charge < -0.3 is 10.6 Å². The number of carbonyl (C=O) groups is 1. The summed E-state index contributed by atoms with van der Waals surface area (Å²) < 4.78 is 34.9. The highest BCUT2D eigenvalue weighted by Gasteiger charge is 2.26. The van der Waals surface area contributed by atoms with Crippen molar-refractivity contribution in [1.29, 1.82) is 0 Å². The third kappa shape index (κ3) is 9.05. The second-order valence-electron chi connectivity index (χ2n) is 2.63. The van der Waals surface area contributed by atoms with E-state index in [1.165, 1.54) is 0 Å². The molecule has 1 amide bonds. The van der Waals surface area contributed by atoms with Gasteiger partial charge in [-0.2, -0.15) is 13.2 Å². The van der Waals surface area contributed by atoms with Gasteiger partial charge in [-0.1, -0.05) is 6.08 Å². The number of halogens is 3. The second kappa shape index (κ2) is 6.42. The molecule has 0 radical (unpaired) electrons. The summed E-state index contributed by atoms with van der Waals surface area (Å²) in [6.07, 6.45) is -3.66. The Kier molecular flexibility index (Phi) is 5.94. The summed E-state index contributed by atoms with van der Waals surface area (Å²) in [5.41, 5.74) is 0. The van der Waals surface area contributed by atoms with E-state index in [1.807, 2.05) is 0 Å². The Morgan fingerprint density at radius 1 is 1.43 bits per heavy atom. The van der Waals surface area contributed by atoms with Gasteiger partial charge >= 0.3 is 6.18 Å². The molecule has 0 aromatic carbocycles. The molecule has 0 rings (SSSR count). The van der Waals surface area contributed by atoms with E-state index in [9.17, 15) is 18.0 Å². The Balaban J connectivity index is 3.40. The maximum Gasteiger partial charge on any atom is 0.390 e. The first-order chi connectivity index (χ1) is 6.45. The quantitative estimate of drug-likeness (QED) is 0.503. The topological polar surface area (TPSA) is 41.1 Å². The fourth-order valence-corrected chi connectivity index (χ4v) is 0.694. The minimum absolute atomic E-state index is 0.00385. The zero-order valence-electron chi connectivity index (χ0n) is 7.66. The molecule has 3 nitrogen and oxygen atoms in total. The van der Waals surface area contributed by atoms with Crippen molar-refractivity contribution in [2.45, 2.75) is 12.6 Å². The molecule has 0 heterocycles. The Morgan fingerprint density at radius 2 is 2.07 bits per heavy atom. The van der Waals surface area contributed by atoms with E-state index in [0.29, 0.717) is 6.54 Å². The van der Waals surface area contributed by atoms with Crippen LogP contribution in [0.1, 0.15) is 6.42 Å². The summed E-state index contributed by atoms with van der Waals surface area (Å²) in [7, 11) is 0. The molecule has 0 atom stereocenters. The van der Waals surface area contributed by atoms with Crippen LogP contribution in [0.5, 0.6) is 0 Å². The molecule has 82 valence electrons. The molecule has 0 aliphatic carbocycles. The number of rotatable bonds is 6. The Bertz CT molecular complexity index is 192. The van der Waals surface area contributed by atoms with Gasteiger partial charge in [-0.15, -0.1) is 6.58 Å². The van der Waals surface area contributed by atoms with Crippen LogP contribution in [0.15, 0.2) is 12.7 Å². The number of amides is 1. The number of alkyl halides is 3. The second-order valence-corrected chi connectivity index (χ2v) is 2.63. The van der Waals surface area contributed by atoms with E-state index in [0.717, 1.165) is 0 Å². The van der Waals surface area contributed by atoms with Crippen molar-refractivity contribution in [3.8, 4) is 0 Å². The zero-order valence-corrected chi connectivity index (χ0v) is 7.66. The van der Waals surface area contributed by atoms with Crippen LogP contribution in [0.2, 0.25) is 0 Å². The van der Waals surface area contributed by atoms with Crippen molar-refractivity contribution in [1.82, 2.24) is 10.6 Å². The highest BCUT2D eigenvalue weighted by atomic mass is 19.4. The van der Waals surface area contributed by atoms with E-state index in [4.69, 9.17) is 0 Å². The third-order valence-corrected chi connectivity index (χ3v) is 1.30. The Hall–Kier alpha value is -1.04. The lowest BCUT2D eigenvalue weighted by Crippen LogP contribution is -2.35. The van der Waals surface area contributed by atoms with Crippen LogP contribution in [0.3, 0.4) is 0 Å². The van der Waals surface area contributed by atoms with Crippen LogP contribution in [-0.2, 0) is 4.79 Å². The number of carbonyl (C=O) groups excluding carboxylic acids is 1. The lowest BCUT2D eigenvalue weighted by Gasteiger charge is -2.07. The molecule has 2 N–H and O–H groups in total. The predicted molar refractivity (Wildman–Crippen MR) is 46.7 cm³/mol. The monoisotopic (exact) mass is 210 g/mol. The molecule has 6 heteroatoms. The minimum atomic E-state index is -4.22. The predicted octanol–water partition coefficient (Wildman–Crippen LogP) is 0.831. The van der Waals surface area contributed by atoms with Crippen LogP contribution in [-0.4, -0.2) is 31.7 Å². The van der Waals surface area contributed by atoms with Gasteiger partial charge in [0.15, 0.2) is 0 Å². The van der Waals surface area contributed by atoms with Crippen molar-refractivity contribution in [3.63, 3.8) is 0 Å². The Morgan fingerprint density at radius 3 is 2.57 bits per heavy atom. The van der Waals surface area contributed by atoms with E-state index in [1.54, 1.807) is 6.08 Å². The lowest BCUT2D eigenvalue weighted by atomic mass is 10.4. The first-order valence-corrected chi connectivity index (χ1v) is 4.11. The number of hydrogen-bond acceptors (Lipinski definition) is 2. The average Bonchev–Trinajstić information content (AvgIpc) is 2.02. The fraction of sp³-hybridized carbons (Fsp3) is 0.625. The van der Waals surface area contributed by atoms with Gasteiger partial charge in [0.1, 0.15) is 0 Å². The average molecular weight is 210 g/mol. The Labute approximate surface area is 80.4 Å². The van der Waals surface area contributed by atoms with Gasteiger partial charge in [-0.25, -0.2) is 0 Å². The van der Waals surface area contributed by atoms with E-state index in [2.05, 4.69) is 17.2 Å². The van der Waals surface area contributed by atoms with Gasteiger partial charge in [0, 0.05) is 13.1 Å². The van der Waals surface area contributed by atoms with Crippen molar-refractivity contribution in [2.24, 2.45) is 0 Å². The standard InChI is InChI=1S/C8H13F3N2O/c1-2-4-12-6-7(14)13-5-3-8(9,10)11/h2,12H,1,3-6H2,(H,13,14). The number of nitrogens with one attached hydrogen (secondary N) is 2. The highest BCUT2D eigenvalue weighted by Crippen LogP contribution is 2.17. The van der Waals surface area contributed by atoms with Crippen molar-refractivity contribution < 1.29 is 18.0 Å². The number of hydrogen-bond donors (Lipinski definition) is 2. The maximum atomic E-state index is 11.6. The largest absolute Gasteiger partial charge is 0.390 e. The normalized spacial score (nSPS) is 11.1. The summed E-state index contributed by atoms with van der Waals surface area (Å²) in [6, 6.07) is 0. The summed E-state index contributed by atoms with van der Waals surface area (Å²) >= 11 is 0. The molecular weight excluding hydrogens is 197 g/mol. The highest BCUT2D eigenvalue weighted by molar-refractivity contribution is 5.77. The summed E-state index contributed by atoms with van der Waals surface area (Å²) in [5.74, 6) is -0.448. The smallest absolute Gasteiger partial charge is 0.355 e. The van der Waals surface area contributed by atoms with E-state index < -0.39 is 18.5 Å². The molecule has 0 saturated heterocycles. The molecule has 14 heavy (non-hydrogen) atoms. The van der Waals surface area contributed by atoms with Crippen LogP contribution in [0, 0.1) is 0 Å². The molecule has 0 aliphatic rings. The van der Waals surface area contributed by atoms with Gasteiger partial charge in [-0.3, -0.25) is 4.79 Å². The van der Waals surface area contributed by atoms with Gasteiger partial charge in [0.05, 0.1) is 13.0 Å². The summed E-state index contributed by atoms with van der Waals surface area (Å²) in [4.78, 5) is 10.8. The van der Waals surface area contributed by atoms with Crippen LogP contribution in [0.4, 0.5) is 13.2 Å². The molecule has 0 saturated carbocycles. The van der Waals surface area contributed by atoms with Crippen LogP contribution < -0.4 is 10.6 Å². The first kappa shape index (κ1) is 13.0. The third-order valence-electron chi connectivity index (χ3n) is 1.30. The summed E-state index contributed by atoms with van der Waals surface area (Å²) in [6.45, 7) is 3.49. The van der Waals surface area contributed by atoms with Gasteiger partial charge in [0.2, 0.25) is 5.91 Å². The zero-order chi connectivity index (χ0) is 11.0. The van der Waals surface area contributed by atoms with Crippen molar-refractivity contribution in [3.05, 3.63) is 12.7 Å². The van der Waals surface area contributed by atoms with Crippen LogP contribution in [0.25, 0.3) is 0 Å². The van der Waals surface area contributed by atoms with Crippen molar-refractivity contribution in [2.75, 3.05) is 19.6 Å². The summed E-state index contributed by atoms with van der Waals surface area (Å²) in [5, 5.41) is 4.81. The molecule has 0 aliphatic heterocycles. The van der Waals surface area contributed by atoms with E-state index in [-0.39, 0.29) is 13.1 Å². The molecule has 0 spiro atoms. The maximum absolute atomic E-state index is 11.6. The first-order valence-electron chi connectivity index (χ1n) is 4.11. The van der Waals surface area contributed by atoms with Gasteiger partial charge in [-0.05, 0) is 0 Å². The molecule has 0 aromatic heterocycles. The molecule has 0 aromatic rings.